The third kappa shape index (κ3) is 3.08. The minimum Gasteiger partial charge on any atom is -0.487 e. The minimum atomic E-state index is -4.51. The summed E-state index contributed by atoms with van der Waals surface area (Å²) in [6.45, 7) is 5.32. The standard InChI is InChI=1S/C19H23F3N6O/c1-10-7-27-8-12(10)9-29-15-11(2)26-28(13-4-3-5-13)17(15)25-18-23-6-14(16(27)24-18)19(20,21)22/h6,10,12-13H,3-5,7-9H2,1-2H3,(H,23,24,25)/t10-,12?/m0/s1. The van der Waals surface area contributed by atoms with Crippen molar-refractivity contribution >= 4 is 17.6 Å². The number of aromatic nitrogens is 4. The smallest absolute Gasteiger partial charge is 0.421 e. The molecule has 156 valence electrons. The molecule has 1 saturated carbocycles. The third-order valence-corrected chi connectivity index (χ3v) is 6.26. The molecule has 29 heavy (non-hydrogen) atoms. The molecule has 0 aromatic carbocycles. The molecule has 10 heteroatoms. The maximum absolute atomic E-state index is 13.6. The van der Waals surface area contributed by atoms with Crippen molar-refractivity contribution in [2.24, 2.45) is 11.8 Å². The van der Waals surface area contributed by atoms with Crippen molar-refractivity contribution in [3.05, 3.63) is 17.5 Å². The summed E-state index contributed by atoms with van der Waals surface area (Å²) in [6, 6.07) is 0.256. The van der Waals surface area contributed by atoms with Crippen molar-refractivity contribution in [2.45, 2.75) is 45.3 Å². The molecule has 2 aliphatic heterocycles. The number of alkyl halides is 3. The molecular formula is C19H23F3N6O. The fourth-order valence-electron chi connectivity index (χ4n) is 4.31. The van der Waals surface area contributed by atoms with Gasteiger partial charge in [-0.25, -0.2) is 9.67 Å². The van der Waals surface area contributed by atoms with Crippen molar-refractivity contribution < 1.29 is 17.9 Å². The monoisotopic (exact) mass is 408 g/mol. The van der Waals surface area contributed by atoms with Crippen LogP contribution in [0.25, 0.3) is 0 Å². The zero-order valence-electron chi connectivity index (χ0n) is 16.3. The third-order valence-electron chi connectivity index (χ3n) is 6.26. The van der Waals surface area contributed by atoms with E-state index in [0.29, 0.717) is 31.3 Å². The summed E-state index contributed by atoms with van der Waals surface area (Å²) in [5.74, 6) is 1.60. The molecule has 2 atom stereocenters. The summed E-state index contributed by atoms with van der Waals surface area (Å²) in [4.78, 5) is 9.97. The molecular weight excluding hydrogens is 385 g/mol. The van der Waals surface area contributed by atoms with Gasteiger partial charge < -0.3 is 15.0 Å². The van der Waals surface area contributed by atoms with Crippen LogP contribution < -0.4 is 15.0 Å². The second kappa shape index (κ2) is 6.50. The summed E-state index contributed by atoms with van der Waals surface area (Å²) < 4.78 is 48.9. The molecule has 1 aliphatic carbocycles. The first kappa shape index (κ1) is 18.5. The quantitative estimate of drug-likeness (QED) is 0.771. The Bertz CT molecular complexity index is 939. The first-order valence-electron chi connectivity index (χ1n) is 9.99. The SMILES string of the molecule is Cc1nn(C2CCC2)c2c1OCC1CN(C[C@@H]1C)c1nc(ncc1C(F)(F)F)N2. The second-order valence-corrected chi connectivity index (χ2v) is 8.30. The number of rotatable bonds is 1. The lowest BCUT2D eigenvalue weighted by Gasteiger charge is -2.27. The van der Waals surface area contributed by atoms with Gasteiger partial charge in [0.05, 0.1) is 12.6 Å². The number of hydrogen-bond donors (Lipinski definition) is 1. The second-order valence-electron chi connectivity index (χ2n) is 8.30. The van der Waals surface area contributed by atoms with E-state index >= 15 is 0 Å². The van der Waals surface area contributed by atoms with Gasteiger partial charge in [0, 0.05) is 25.2 Å². The molecule has 4 bridgehead atoms. The Balaban J connectivity index is 1.64. The highest BCUT2D eigenvalue weighted by Gasteiger charge is 2.41. The fourth-order valence-corrected chi connectivity index (χ4v) is 4.31. The van der Waals surface area contributed by atoms with Crippen molar-refractivity contribution in [3.8, 4) is 5.75 Å². The van der Waals surface area contributed by atoms with E-state index in [1.807, 2.05) is 18.5 Å². The number of ether oxygens (including phenoxy) is 1. The molecule has 2 aromatic heterocycles. The van der Waals surface area contributed by atoms with Gasteiger partial charge in [0.2, 0.25) is 5.95 Å². The van der Waals surface area contributed by atoms with Crippen molar-refractivity contribution in [3.63, 3.8) is 0 Å². The number of fused-ring (bicyclic) bond motifs is 6. The number of anilines is 3. The molecule has 1 N–H and O–H groups in total. The Kier molecular flexibility index (Phi) is 4.15. The molecule has 1 unspecified atom stereocenters. The van der Waals surface area contributed by atoms with Crippen LogP contribution in [0.5, 0.6) is 5.75 Å². The molecule has 2 fully saturated rings. The lowest BCUT2D eigenvalue weighted by Crippen LogP contribution is -2.26. The molecule has 4 heterocycles. The highest BCUT2D eigenvalue weighted by Crippen LogP contribution is 2.42. The predicted molar refractivity (Wildman–Crippen MR) is 101 cm³/mol. The fraction of sp³-hybridized carbons (Fsp3) is 0.632. The van der Waals surface area contributed by atoms with Crippen LogP contribution >= 0.6 is 0 Å². The van der Waals surface area contributed by atoms with Gasteiger partial charge in [-0.3, -0.25) is 0 Å². The summed E-state index contributed by atoms with van der Waals surface area (Å²) in [7, 11) is 0. The van der Waals surface area contributed by atoms with E-state index in [-0.39, 0.29) is 29.6 Å². The van der Waals surface area contributed by atoms with Crippen LogP contribution in [0.1, 0.15) is 43.5 Å². The predicted octanol–water partition coefficient (Wildman–Crippen LogP) is 3.93. The number of halogens is 3. The van der Waals surface area contributed by atoms with E-state index in [0.717, 1.165) is 31.2 Å². The zero-order chi connectivity index (χ0) is 20.3. The summed E-state index contributed by atoms with van der Waals surface area (Å²) >= 11 is 0. The first-order valence-corrected chi connectivity index (χ1v) is 9.99. The Labute approximate surface area is 166 Å². The van der Waals surface area contributed by atoms with Gasteiger partial charge in [-0.2, -0.15) is 23.3 Å². The van der Waals surface area contributed by atoms with Gasteiger partial charge in [0.25, 0.3) is 0 Å². The first-order chi connectivity index (χ1) is 13.8. The zero-order valence-corrected chi connectivity index (χ0v) is 16.3. The summed E-state index contributed by atoms with van der Waals surface area (Å²) in [6.07, 6.45) is -0.475. The largest absolute Gasteiger partial charge is 0.487 e. The average molecular weight is 408 g/mol. The average Bonchev–Trinajstić information content (AvgIpc) is 3.10. The molecule has 0 radical (unpaired) electrons. The van der Waals surface area contributed by atoms with Gasteiger partial charge in [0.15, 0.2) is 11.6 Å². The molecule has 0 amide bonds. The van der Waals surface area contributed by atoms with E-state index in [1.54, 1.807) is 4.90 Å². The van der Waals surface area contributed by atoms with Crippen molar-refractivity contribution in [1.82, 2.24) is 19.7 Å². The molecule has 1 saturated heterocycles. The van der Waals surface area contributed by atoms with Crippen LogP contribution in [0.4, 0.5) is 30.8 Å². The lowest BCUT2D eigenvalue weighted by atomic mass is 9.93. The van der Waals surface area contributed by atoms with Crippen LogP contribution in [-0.4, -0.2) is 39.4 Å². The molecule has 5 rings (SSSR count). The van der Waals surface area contributed by atoms with Gasteiger partial charge in [0.1, 0.15) is 17.1 Å². The molecule has 3 aliphatic rings. The van der Waals surface area contributed by atoms with Crippen LogP contribution in [-0.2, 0) is 6.18 Å². The lowest BCUT2D eigenvalue weighted by molar-refractivity contribution is -0.137. The van der Waals surface area contributed by atoms with Crippen molar-refractivity contribution in [1.29, 1.82) is 0 Å². The summed E-state index contributed by atoms with van der Waals surface area (Å²) in [5, 5.41) is 7.75. The minimum absolute atomic E-state index is 0.0702. The Morgan fingerprint density at radius 1 is 1.24 bits per heavy atom. The van der Waals surface area contributed by atoms with Crippen molar-refractivity contribution in [2.75, 3.05) is 29.9 Å². The van der Waals surface area contributed by atoms with Gasteiger partial charge in [-0.1, -0.05) is 6.92 Å². The van der Waals surface area contributed by atoms with Gasteiger partial charge in [-0.05, 0) is 32.1 Å². The van der Waals surface area contributed by atoms with E-state index in [9.17, 15) is 13.2 Å². The number of hydrogen-bond acceptors (Lipinski definition) is 6. The van der Waals surface area contributed by atoms with Crippen LogP contribution in [0, 0.1) is 18.8 Å². The highest BCUT2D eigenvalue weighted by atomic mass is 19.4. The Morgan fingerprint density at radius 2 is 2.03 bits per heavy atom. The number of aryl methyl sites for hydroxylation is 1. The molecule has 0 spiro atoms. The molecule has 2 aromatic rings. The highest BCUT2D eigenvalue weighted by molar-refractivity contribution is 5.62. The van der Waals surface area contributed by atoms with E-state index < -0.39 is 11.7 Å². The normalized spacial score (nSPS) is 24.2. The van der Waals surface area contributed by atoms with Gasteiger partial charge in [-0.15, -0.1) is 0 Å². The maximum atomic E-state index is 13.6. The van der Waals surface area contributed by atoms with E-state index in [1.165, 1.54) is 0 Å². The van der Waals surface area contributed by atoms with Crippen LogP contribution in [0.15, 0.2) is 6.20 Å². The maximum Gasteiger partial charge on any atom is 0.421 e. The van der Waals surface area contributed by atoms with Crippen LogP contribution in [0.2, 0.25) is 0 Å². The topological polar surface area (TPSA) is 68.1 Å². The molecule has 7 nitrogen and oxygen atoms in total. The van der Waals surface area contributed by atoms with E-state index in [4.69, 9.17) is 4.74 Å². The van der Waals surface area contributed by atoms with Crippen LogP contribution in [0.3, 0.4) is 0 Å². The van der Waals surface area contributed by atoms with E-state index in [2.05, 4.69) is 20.4 Å². The number of nitrogens with one attached hydrogen (secondary N) is 1. The Hall–Kier alpha value is -2.52. The summed E-state index contributed by atoms with van der Waals surface area (Å²) in [5.41, 5.74) is -0.0479. The Morgan fingerprint density at radius 3 is 2.72 bits per heavy atom. The number of nitrogens with zero attached hydrogens (tertiary/aromatic N) is 5. The van der Waals surface area contributed by atoms with Gasteiger partial charge >= 0.3 is 6.18 Å².